The van der Waals surface area contributed by atoms with Crippen molar-refractivity contribution >= 4 is 30.8 Å². The number of ether oxygens (including phenoxy) is 1. The lowest BCUT2D eigenvalue weighted by Gasteiger charge is -2.33. The van der Waals surface area contributed by atoms with Crippen LogP contribution >= 0.6 is 24.8 Å². The van der Waals surface area contributed by atoms with E-state index in [0.717, 1.165) is 32.2 Å². The van der Waals surface area contributed by atoms with E-state index in [1.807, 2.05) is 18.5 Å². The summed E-state index contributed by atoms with van der Waals surface area (Å²) < 4.78 is 5.40. The first-order chi connectivity index (χ1) is 9.33. The molecule has 1 aromatic heterocycles. The molecule has 1 N–H and O–H groups in total. The molecule has 7 heteroatoms. The molecule has 2 fully saturated rings. The lowest BCUT2D eigenvalue weighted by Crippen LogP contribution is -2.39. The molecule has 3 heterocycles. The average Bonchev–Trinajstić information content (AvgIpc) is 2.79. The molecule has 120 valence electrons. The second-order valence-corrected chi connectivity index (χ2v) is 5.74. The summed E-state index contributed by atoms with van der Waals surface area (Å²) in [6, 6.07) is 2.27. The zero-order valence-corrected chi connectivity index (χ0v) is 14.0. The van der Waals surface area contributed by atoms with Gasteiger partial charge in [-0.15, -0.1) is 24.8 Å². The number of anilines is 1. The molecule has 1 spiro atoms. The Hall–Kier alpha value is -0.620. The molecule has 3 rings (SSSR count). The minimum Gasteiger partial charge on any atom is -0.383 e. The van der Waals surface area contributed by atoms with Gasteiger partial charge in [-0.1, -0.05) is 0 Å². The molecule has 0 aromatic carbocycles. The van der Waals surface area contributed by atoms with Crippen LogP contribution < -0.4 is 10.2 Å². The van der Waals surface area contributed by atoms with Crippen molar-refractivity contribution in [3.63, 3.8) is 0 Å². The first kappa shape index (κ1) is 18.4. The Morgan fingerprint density at radius 3 is 2.57 bits per heavy atom. The Morgan fingerprint density at radius 1 is 1.29 bits per heavy atom. The number of methoxy groups -OCH3 is 1. The summed E-state index contributed by atoms with van der Waals surface area (Å²) in [4.78, 5) is 11.2. The summed E-state index contributed by atoms with van der Waals surface area (Å²) in [6.07, 6.45) is 7.33. The molecule has 21 heavy (non-hydrogen) atoms. The van der Waals surface area contributed by atoms with Gasteiger partial charge in [0.25, 0.3) is 0 Å². The average molecular weight is 335 g/mol. The molecule has 0 radical (unpaired) electrons. The van der Waals surface area contributed by atoms with Crippen molar-refractivity contribution in [3.8, 4) is 0 Å². The highest BCUT2D eigenvalue weighted by molar-refractivity contribution is 5.85. The van der Waals surface area contributed by atoms with Crippen LogP contribution in [0.3, 0.4) is 0 Å². The highest BCUT2D eigenvalue weighted by atomic mass is 35.5. The van der Waals surface area contributed by atoms with Gasteiger partial charge in [-0.2, -0.15) is 0 Å². The molecule has 0 bridgehead atoms. The first-order valence-corrected chi connectivity index (χ1v) is 7.06. The predicted octanol–water partition coefficient (Wildman–Crippen LogP) is 1.92. The summed E-state index contributed by atoms with van der Waals surface area (Å²) in [6.45, 7) is 4.08. The van der Waals surface area contributed by atoms with Crippen LogP contribution in [0.2, 0.25) is 0 Å². The molecule has 0 amide bonds. The number of piperidine rings is 1. The van der Waals surface area contributed by atoms with Crippen molar-refractivity contribution in [1.29, 1.82) is 0 Å². The van der Waals surface area contributed by atoms with E-state index < -0.39 is 0 Å². The molecule has 5 nitrogen and oxygen atoms in total. The number of nitrogens with one attached hydrogen (secondary N) is 1. The standard InChI is InChI=1S/C14H22N4O.2ClH/c1-19-10-12-9-14(3-7-15-8-4-14)11-18(12)13-16-5-2-6-17-13;;/h2,5-6,12,15H,3-4,7-11H2,1H3;2*1H. The fraction of sp³-hybridized carbons (Fsp3) is 0.714. The zero-order valence-electron chi connectivity index (χ0n) is 12.3. The highest BCUT2D eigenvalue weighted by Crippen LogP contribution is 2.42. The van der Waals surface area contributed by atoms with Crippen LogP contribution in [0.25, 0.3) is 0 Å². The summed E-state index contributed by atoms with van der Waals surface area (Å²) >= 11 is 0. The third kappa shape index (κ3) is 3.97. The third-order valence-electron chi connectivity index (χ3n) is 4.45. The van der Waals surface area contributed by atoms with Gasteiger partial charge in [0.1, 0.15) is 0 Å². The van der Waals surface area contributed by atoms with Crippen molar-refractivity contribution in [3.05, 3.63) is 18.5 Å². The predicted molar refractivity (Wildman–Crippen MR) is 88.7 cm³/mol. The molecule has 0 aliphatic carbocycles. The van der Waals surface area contributed by atoms with E-state index >= 15 is 0 Å². The maximum absolute atomic E-state index is 5.40. The molecule has 1 atom stereocenters. The molecule has 2 saturated heterocycles. The monoisotopic (exact) mass is 334 g/mol. The van der Waals surface area contributed by atoms with Gasteiger partial charge >= 0.3 is 0 Å². The van der Waals surface area contributed by atoms with E-state index in [4.69, 9.17) is 4.74 Å². The van der Waals surface area contributed by atoms with Crippen molar-refractivity contribution in [2.24, 2.45) is 5.41 Å². The van der Waals surface area contributed by atoms with E-state index in [2.05, 4.69) is 20.2 Å². The van der Waals surface area contributed by atoms with Crippen LogP contribution in [-0.4, -0.2) is 49.4 Å². The zero-order chi connectivity index (χ0) is 13.1. The van der Waals surface area contributed by atoms with Crippen LogP contribution in [-0.2, 0) is 4.74 Å². The SMILES string of the molecule is COCC1CC2(CCNCC2)CN1c1ncccn1.Cl.Cl. The second-order valence-electron chi connectivity index (χ2n) is 5.74. The van der Waals surface area contributed by atoms with Crippen LogP contribution in [0.5, 0.6) is 0 Å². The van der Waals surface area contributed by atoms with Gasteiger partial charge in [-0.05, 0) is 43.8 Å². The van der Waals surface area contributed by atoms with Crippen LogP contribution in [0.15, 0.2) is 18.5 Å². The Labute approximate surface area is 138 Å². The van der Waals surface area contributed by atoms with Gasteiger partial charge in [0.2, 0.25) is 5.95 Å². The van der Waals surface area contributed by atoms with Crippen molar-refractivity contribution in [2.45, 2.75) is 25.3 Å². The minimum absolute atomic E-state index is 0. The van der Waals surface area contributed by atoms with Crippen LogP contribution in [0, 0.1) is 5.41 Å². The van der Waals surface area contributed by atoms with Crippen molar-refractivity contribution in [1.82, 2.24) is 15.3 Å². The van der Waals surface area contributed by atoms with E-state index in [0.29, 0.717) is 11.5 Å². The number of rotatable bonds is 3. The summed E-state index contributed by atoms with van der Waals surface area (Å²) in [7, 11) is 1.78. The fourth-order valence-electron chi connectivity index (χ4n) is 3.50. The number of hydrogen-bond donors (Lipinski definition) is 1. The van der Waals surface area contributed by atoms with Gasteiger partial charge in [-0.25, -0.2) is 9.97 Å². The van der Waals surface area contributed by atoms with Gasteiger partial charge in [0, 0.05) is 26.0 Å². The van der Waals surface area contributed by atoms with E-state index in [1.54, 1.807) is 7.11 Å². The minimum atomic E-state index is 0. The maximum atomic E-state index is 5.40. The molecule has 2 aliphatic heterocycles. The summed E-state index contributed by atoms with van der Waals surface area (Å²) in [5.74, 6) is 0.847. The topological polar surface area (TPSA) is 50.3 Å². The molecule has 1 unspecified atom stereocenters. The quantitative estimate of drug-likeness (QED) is 0.915. The Morgan fingerprint density at radius 2 is 1.95 bits per heavy atom. The van der Waals surface area contributed by atoms with Gasteiger partial charge in [-0.3, -0.25) is 0 Å². The number of hydrogen-bond acceptors (Lipinski definition) is 5. The number of nitrogens with zero attached hydrogens (tertiary/aromatic N) is 3. The lowest BCUT2D eigenvalue weighted by molar-refractivity contribution is 0.164. The Balaban J connectivity index is 0.00000110. The van der Waals surface area contributed by atoms with E-state index in [1.165, 1.54) is 19.3 Å². The normalized spacial score (nSPS) is 23.5. The smallest absolute Gasteiger partial charge is 0.225 e. The van der Waals surface area contributed by atoms with E-state index in [-0.39, 0.29) is 24.8 Å². The number of halogens is 2. The summed E-state index contributed by atoms with van der Waals surface area (Å²) in [5.41, 5.74) is 0.424. The van der Waals surface area contributed by atoms with E-state index in [9.17, 15) is 0 Å². The molecular weight excluding hydrogens is 311 g/mol. The molecule has 1 aromatic rings. The lowest BCUT2D eigenvalue weighted by atomic mass is 9.77. The number of aromatic nitrogens is 2. The maximum Gasteiger partial charge on any atom is 0.225 e. The largest absolute Gasteiger partial charge is 0.383 e. The Kier molecular flexibility index (Phi) is 7.13. The van der Waals surface area contributed by atoms with Crippen molar-refractivity contribution in [2.75, 3.05) is 38.3 Å². The molecule has 0 saturated carbocycles. The van der Waals surface area contributed by atoms with Crippen molar-refractivity contribution < 1.29 is 4.74 Å². The third-order valence-corrected chi connectivity index (χ3v) is 4.45. The highest BCUT2D eigenvalue weighted by Gasteiger charge is 2.45. The van der Waals surface area contributed by atoms with Crippen LogP contribution in [0.4, 0.5) is 5.95 Å². The molecule has 2 aliphatic rings. The molecular formula is C14H24Cl2N4O. The first-order valence-electron chi connectivity index (χ1n) is 7.06. The summed E-state index contributed by atoms with van der Waals surface area (Å²) in [5, 5.41) is 3.46. The van der Waals surface area contributed by atoms with Crippen LogP contribution in [0.1, 0.15) is 19.3 Å². The van der Waals surface area contributed by atoms with Gasteiger partial charge in [0.15, 0.2) is 0 Å². The van der Waals surface area contributed by atoms with Gasteiger partial charge in [0.05, 0.1) is 12.6 Å². The second kappa shape index (κ2) is 8.13. The fourth-order valence-corrected chi connectivity index (χ4v) is 3.50. The Bertz CT molecular complexity index is 415. The van der Waals surface area contributed by atoms with Gasteiger partial charge < -0.3 is 15.0 Å².